The molecule has 2 N–H and O–H groups in total. The summed E-state index contributed by atoms with van der Waals surface area (Å²) in [6.07, 6.45) is 0. The highest BCUT2D eigenvalue weighted by molar-refractivity contribution is 7.80. The molecular formula is C9H7N2OS. The van der Waals surface area contributed by atoms with E-state index in [2.05, 4.69) is 16.7 Å². The number of nitrogens with one attached hydrogen (secondary N) is 2. The Morgan fingerprint density at radius 3 is 2.62 bits per heavy atom. The summed E-state index contributed by atoms with van der Waals surface area (Å²) in [7, 11) is 0. The molecular weight excluding hydrogens is 184 g/mol. The predicted octanol–water partition coefficient (Wildman–Crippen LogP) is 0.532. The number of rotatable bonds is 1. The van der Waals surface area contributed by atoms with Crippen molar-refractivity contribution in [3.05, 3.63) is 35.9 Å². The van der Waals surface area contributed by atoms with Crippen molar-refractivity contribution in [1.29, 1.82) is 0 Å². The van der Waals surface area contributed by atoms with Crippen LogP contribution >= 0.6 is 12.2 Å². The molecule has 1 aromatic carbocycles. The smallest absolute Gasteiger partial charge is 0.253 e. The van der Waals surface area contributed by atoms with Crippen LogP contribution in [-0.4, -0.2) is 11.0 Å². The van der Waals surface area contributed by atoms with Gasteiger partial charge < -0.3 is 10.6 Å². The lowest BCUT2D eigenvalue weighted by Crippen LogP contribution is -2.21. The van der Waals surface area contributed by atoms with Crippen molar-refractivity contribution in [2.75, 3.05) is 0 Å². The molecule has 0 saturated carbocycles. The first-order valence-corrected chi connectivity index (χ1v) is 4.25. The summed E-state index contributed by atoms with van der Waals surface area (Å²) in [5, 5.41) is 5.80. The fraction of sp³-hybridized carbons (Fsp3) is 0.111. The van der Waals surface area contributed by atoms with Gasteiger partial charge in [0.25, 0.3) is 5.91 Å². The van der Waals surface area contributed by atoms with Crippen LogP contribution in [0.3, 0.4) is 0 Å². The van der Waals surface area contributed by atoms with Gasteiger partial charge in [-0.15, -0.1) is 0 Å². The van der Waals surface area contributed by atoms with Crippen molar-refractivity contribution in [3.8, 4) is 0 Å². The summed E-state index contributed by atoms with van der Waals surface area (Å²) in [5.74, 6) is -0.101. The van der Waals surface area contributed by atoms with E-state index in [0.717, 1.165) is 5.56 Å². The quantitative estimate of drug-likeness (QED) is 0.636. The minimum Gasteiger partial charge on any atom is -0.347 e. The highest BCUT2D eigenvalue weighted by atomic mass is 32.1. The Bertz CT molecular complexity index is 350. The largest absolute Gasteiger partial charge is 0.347 e. The van der Waals surface area contributed by atoms with Crippen LogP contribution in [0, 0.1) is 6.07 Å². The van der Waals surface area contributed by atoms with Crippen molar-refractivity contribution >= 4 is 23.2 Å². The molecule has 1 amide bonds. The third-order valence-corrected chi connectivity index (χ3v) is 2.07. The Hall–Kier alpha value is -1.42. The summed E-state index contributed by atoms with van der Waals surface area (Å²) in [6, 6.07) is 9.76. The van der Waals surface area contributed by atoms with E-state index in [0.29, 0.717) is 5.11 Å². The van der Waals surface area contributed by atoms with Crippen molar-refractivity contribution in [1.82, 2.24) is 10.6 Å². The van der Waals surface area contributed by atoms with E-state index in [4.69, 9.17) is 12.2 Å². The summed E-state index contributed by atoms with van der Waals surface area (Å²) < 4.78 is 0. The van der Waals surface area contributed by atoms with E-state index < -0.39 is 0 Å². The minimum absolute atomic E-state index is 0.101. The van der Waals surface area contributed by atoms with E-state index in [-0.39, 0.29) is 11.9 Å². The summed E-state index contributed by atoms with van der Waals surface area (Å²) >= 11 is 4.82. The molecule has 0 aliphatic carbocycles. The molecule has 1 fully saturated rings. The summed E-state index contributed by atoms with van der Waals surface area (Å²) in [4.78, 5) is 11.3. The maximum Gasteiger partial charge on any atom is 0.253 e. The average Bonchev–Trinajstić information content (AvgIpc) is 2.47. The van der Waals surface area contributed by atoms with Gasteiger partial charge in [-0.05, 0) is 23.8 Å². The van der Waals surface area contributed by atoms with E-state index >= 15 is 0 Å². The second-order valence-corrected chi connectivity index (χ2v) is 3.14. The zero-order chi connectivity index (χ0) is 9.26. The van der Waals surface area contributed by atoms with Gasteiger partial charge in [0.15, 0.2) is 5.11 Å². The zero-order valence-electron chi connectivity index (χ0n) is 6.70. The minimum atomic E-state index is -0.345. The number of carbonyl (C=O) groups is 1. The van der Waals surface area contributed by atoms with Gasteiger partial charge in [-0.1, -0.05) is 24.3 Å². The Balaban J connectivity index is 2.28. The van der Waals surface area contributed by atoms with Crippen LogP contribution in [0.15, 0.2) is 24.3 Å². The molecule has 3 nitrogen and oxygen atoms in total. The molecule has 13 heavy (non-hydrogen) atoms. The Morgan fingerprint density at radius 1 is 1.38 bits per heavy atom. The van der Waals surface area contributed by atoms with Gasteiger partial charge in [-0.2, -0.15) is 0 Å². The number of hydrogen-bond acceptors (Lipinski definition) is 2. The van der Waals surface area contributed by atoms with Gasteiger partial charge in [-0.3, -0.25) is 4.79 Å². The SMILES string of the molecule is O=C1NC(=S)NC1c1cc[c]cc1. The molecule has 4 heteroatoms. The lowest BCUT2D eigenvalue weighted by atomic mass is 10.1. The number of hydrogen-bond donors (Lipinski definition) is 2. The third-order valence-electron chi connectivity index (χ3n) is 1.85. The Kier molecular flexibility index (Phi) is 1.98. The number of thiocarbonyl (C=S) groups is 1. The van der Waals surface area contributed by atoms with E-state index in [9.17, 15) is 4.79 Å². The fourth-order valence-corrected chi connectivity index (χ4v) is 1.46. The number of amides is 1. The normalized spacial score (nSPS) is 21.1. The first kappa shape index (κ1) is 8.19. The maximum atomic E-state index is 11.3. The van der Waals surface area contributed by atoms with Crippen molar-refractivity contribution in [3.63, 3.8) is 0 Å². The second-order valence-electron chi connectivity index (χ2n) is 2.73. The van der Waals surface area contributed by atoms with Gasteiger partial charge in [0.2, 0.25) is 0 Å². The Morgan fingerprint density at radius 2 is 2.08 bits per heavy atom. The van der Waals surface area contributed by atoms with Gasteiger partial charge in [0.1, 0.15) is 6.04 Å². The van der Waals surface area contributed by atoms with E-state index in [1.807, 2.05) is 12.1 Å². The van der Waals surface area contributed by atoms with Gasteiger partial charge in [0, 0.05) is 0 Å². The molecule has 2 rings (SSSR count). The topological polar surface area (TPSA) is 41.1 Å². The molecule has 1 saturated heterocycles. The van der Waals surface area contributed by atoms with Crippen LogP contribution in [-0.2, 0) is 4.79 Å². The first-order valence-electron chi connectivity index (χ1n) is 3.85. The fourth-order valence-electron chi connectivity index (χ4n) is 1.24. The van der Waals surface area contributed by atoms with Gasteiger partial charge >= 0.3 is 0 Å². The lowest BCUT2D eigenvalue weighted by Gasteiger charge is -2.06. The first-order chi connectivity index (χ1) is 6.27. The van der Waals surface area contributed by atoms with Gasteiger partial charge in [0.05, 0.1) is 0 Å². The standard InChI is InChI=1S/C9H7N2OS/c12-8-7(10-9(13)11-8)6-4-2-1-3-5-6/h2-5,7H,(H2,10,11,12,13). The van der Waals surface area contributed by atoms with Crippen molar-refractivity contribution in [2.24, 2.45) is 0 Å². The van der Waals surface area contributed by atoms with Crippen LogP contribution in [0.2, 0.25) is 0 Å². The van der Waals surface area contributed by atoms with Gasteiger partial charge in [-0.25, -0.2) is 0 Å². The average molecular weight is 191 g/mol. The summed E-state index contributed by atoms with van der Waals surface area (Å²) in [6.45, 7) is 0. The van der Waals surface area contributed by atoms with Crippen LogP contribution in [0.1, 0.15) is 11.6 Å². The molecule has 1 aliphatic heterocycles. The number of benzene rings is 1. The molecule has 1 heterocycles. The highest BCUT2D eigenvalue weighted by Gasteiger charge is 2.27. The molecule has 1 radical (unpaired) electrons. The molecule has 1 aliphatic rings. The molecule has 0 bridgehead atoms. The van der Waals surface area contributed by atoms with Crippen molar-refractivity contribution < 1.29 is 4.79 Å². The van der Waals surface area contributed by atoms with Crippen LogP contribution < -0.4 is 10.6 Å². The lowest BCUT2D eigenvalue weighted by molar-refractivity contribution is -0.120. The Labute approximate surface area is 81.1 Å². The zero-order valence-corrected chi connectivity index (χ0v) is 7.52. The molecule has 1 aromatic rings. The molecule has 0 spiro atoms. The molecule has 0 aromatic heterocycles. The second kappa shape index (κ2) is 3.14. The maximum absolute atomic E-state index is 11.3. The monoisotopic (exact) mass is 191 g/mol. The third kappa shape index (κ3) is 1.53. The highest BCUT2D eigenvalue weighted by Crippen LogP contribution is 2.15. The molecule has 1 unspecified atom stereocenters. The number of carbonyl (C=O) groups excluding carboxylic acids is 1. The van der Waals surface area contributed by atoms with Crippen molar-refractivity contribution in [2.45, 2.75) is 6.04 Å². The van der Waals surface area contributed by atoms with Crippen LogP contribution in [0.5, 0.6) is 0 Å². The van der Waals surface area contributed by atoms with Crippen LogP contribution in [0.4, 0.5) is 0 Å². The van der Waals surface area contributed by atoms with E-state index in [1.165, 1.54) is 0 Å². The van der Waals surface area contributed by atoms with Crippen LogP contribution in [0.25, 0.3) is 0 Å². The summed E-state index contributed by atoms with van der Waals surface area (Å²) in [5.41, 5.74) is 0.899. The van der Waals surface area contributed by atoms with E-state index in [1.54, 1.807) is 12.1 Å². The molecule has 65 valence electrons. The molecule has 1 atom stereocenters. The predicted molar refractivity (Wildman–Crippen MR) is 51.9 cm³/mol.